The van der Waals surface area contributed by atoms with Crippen molar-refractivity contribution < 1.29 is 99.6 Å². The van der Waals surface area contributed by atoms with E-state index in [2.05, 4.69) is 170 Å². The predicted molar refractivity (Wildman–Crippen MR) is 587 cm³/mol. The van der Waals surface area contributed by atoms with E-state index in [0.29, 0.717) is 84.4 Å². The Labute approximate surface area is 930 Å². The second kappa shape index (κ2) is 46.2. The molecule has 3 aliphatic carbocycles. The first-order valence-corrected chi connectivity index (χ1v) is 49.3. The number of fused-ring (bicyclic) bond motifs is 9. The quantitative estimate of drug-likeness (QED) is 0.101. The normalized spacial score (nSPS) is 18.4. The van der Waals surface area contributed by atoms with Crippen molar-refractivity contribution in [3.05, 3.63) is 341 Å². The molecule has 0 saturated heterocycles. The van der Waals surface area contributed by atoms with E-state index in [1.807, 2.05) is 174 Å². The molecule has 21 rings (SSSR count). The topological polar surface area (TPSA) is 155 Å². The Kier molecular flexibility index (Phi) is 27.7. The van der Waals surface area contributed by atoms with Crippen molar-refractivity contribution in [1.29, 1.82) is 0 Å². The maximum atomic E-state index is 9.91. The van der Waals surface area contributed by atoms with Gasteiger partial charge in [0.1, 0.15) is 0 Å². The van der Waals surface area contributed by atoms with Crippen molar-refractivity contribution >= 4 is 66.2 Å². The fourth-order valence-corrected chi connectivity index (χ4v) is 21.3. The fraction of sp³-hybridized carbons (Fsp3) is 0.377. The molecule has 0 bridgehead atoms. The minimum absolute atomic E-state index is 0. The fourth-order valence-electron chi connectivity index (χ4n) is 21.3. The number of aryl methyl sites for hydroxylation is 6. The minimum Gasteiger partial charge on any atom is -0.486 e. The van der Waals surface area contributed by atoms with Gasteiger partial charge in [0.15, 0.2) is 0 Å². The summed E-state index contributed by atoms with van der Waals surface area (Å²) in [6.45, 7) is 38.7. The van der Waals surface area contributed by atoms with Crippen molar-refractivity contribution in [3.8, 4) is 67.5 Å². The molecule has 0 atom stereocenters. The van der Waals surface area contributed by atoms with Crippen molar-refractivity contribution in [2.24, 2.45) is 49.2 Å². The molecule has 3 saturated carbocycles. The zero-order valence-electron chi connectivity index (χ0n) is 106. The Morgan fingerprint density at radius 2 is 0.683 bits per heavy atom. The number of hydrogen-bond donors (Lipinski definition) is 0. The van der Waals surface area contributed by atoms with Crippen LogP contribution in [0.5, 0.6) is 0 Å². The first-order valence-electron chi connectivity index (χ1n) is 58.8. The first kappa shape index (κ1) is 87.1. The number of pyridine rings is 9. The molecule has 0 N–H and O–H groups in total. The SMILES string of the molecule is [2H]C([2H])([2H])c1c[c-]c(-c2ccc(C([2H])([2H])C(C)(C)C)cn2)cc1.[2H]C([2H])([2H])c1c[c-]c(-c2ccc(C([2H])([2H])C(C)(C)C)cn2)cc1.[2H]C([2H])([2H])c1c[c-]c(-c2ccc(C([2H])([2H])C(C)(C)C)cn2)cc1.[2H]C([2H])(c1ccnc(-c2[c-]ccc3c2oc2nc(C)ccc23)c1)C1CCCC1.[2H]C1(c2ccnc(-c3[c-]ccc4c3oc3nc(C)ccc34)c2)C(C)(C)CC(C)(C)CC1(C)C.[2H]C1(c2ccnc(-c3[c-]ccc4c3oc3nc(C)ccc34)c2)C(C)(C)CCCC1(C)C.[Ir].[Ir].[Ir]. The predicted octanol–water partition coefficient (Wildman–Crippen LogP) is 34.8. The number of furan rings is 3. The average Bonchev–Trinajstić information content (AvgIpc) is 1.08. The second-order valence-corrected chi connectivity index (χ2v) is 44.5. The number of benzene rings is 6. The summed E-state index contributed by atoms with van der Waals surface area (Å²) in [5.74, 6) is -1.40. The van der Waals surface area contributed by atoms with E-state index in [9.17, 15) is 2.74 Å². The van der Waals surface area contributed by atoms with Crippen LogP contribution in [0.1, 0.15) is 294 Å². The van der Waals surface area contributed by atoms with Crippen LogP contribution in [-0.4, -0.2) is 44.9 Å². The van der Waals surface area contributed by atoms with Gasteiger partial charge in [0.05, 0.1) is 16.7 Å². The number of aromatic nitrogens is 9. The van der Waals surface area contributed by atoms with Crippen LogP contribution >= 0.6 is 0 Å². The summed E-state index contributed by atoms with van der Waals surface area (Å²) in [6, 6.07) is 78.8. The Morgan fingerprint density at radius 3 is 0.993 bits per heavy atom. The molecule has 12 nitrogen and oxygen atoms in total. The van der Waals surface area contributed by atoms with E-state index in [-0.39, 0.29) is 110 Å². The largest absolute Gasteiger partial charge is 0.486 e. The van der Waals surface area contributed by atoms with Crippen LogP contribution in [-0.2, 0) is 85.8 Å². The third-order valence-corrected chi connectivity index (χ3v) is 25.9. The molecule has 0 aliphatic heterocycles. The number of rotatable bonds is 13. The van der Waals surface area contributed by atoms with Crippen LogP contribution in [0.3, 0.4) is 0 Å². The summed E-state index contributed by atoms with van der Waals surface area (Å²) in [7, 11) is 0. The van der Waals surface area contributed by atoms with E-state index in [1.165, 1.54) is 36.8 Å². The van der Waals surface area contributed by atoms with Crippen LogP contribution in [0, 0.1) is 127 Å². The summed E-state index contributed by atoms with van der Waals surface area (Å²) in [5.41, 5.74) is 18.3. The van der Waals surface area contributed by atoms with Crippen LogP contribution < -0.4 is 0 Å². The van der Waals surface area contributed by atoms with Gasteiger partial charge in [-0.1, -0.05) is 277 Å². The van der Waals surface area contributed by atoms with Gasteiger partial charge in [-0.2, -0.15) is 0 Å². The molecule has 0 spiro atoms. The van der Waals surface area contributed by atoms with Crippen molar-refractivity contribution in [1.82, 2.24) is 44.9 Å². The van der Waals surface area contributed by atoms with Gasteiger partial charge in [0.2, 0.25) is 17.1 Å². The maximum absolute atomic E-state index is 9.91. The summed E-state index contributed by atoms with van der Waals surface area (Å²) in [5, 5.41) is 5.96. The van der Waals surface area contributed by atoms with E-state index < -0.39 is 74.1 Å². The van der Waals surface area contributed by atoms with Crippen LogP contribution in [0.15, 0.2) is 251 Å². The van der Waals surface area contributed by atoms with E-state index in [4.69, 9.17) is 41.5 Å². The van der Waals surface area contributed by atoms with Gasteiger partial charge in [-0.15, -0.1) is 161 Å². The van der Waals surface area contributed by atoms with Gasteiger partial charge in [-0.05, 0) is 250 Å². The molecular formula is C130H143Ir3N9O3-6. The Morgan fingerprint density at radius 1 is 0.352 bits per heavy atom. The van der Waals surface area contributed by atoms with Gasteiger partial charge in [-0.25, -0.2) is 15.0 Å². The Hall–Kier alpha value is -11.0. The summed E-state index contributed by atoms with van der Waals surface area (Å²) < 4.78 is 171. The smallest absolute Gasteiger partial charge is 0.216 e. The molecule has 0 unspecified atom stereocenters. The standard InChI is InChI=1S/C29H33N2O.C27H29N2O.C23H21N2O.3C17H20N.3Ir/c1-18-11-12-21-20-9-8-10-22(24(20)32-26(21)31-18)23-15-19(13-14-30-23)25-28(4,5)16-27(2,3)17-29(25,6)7;1-17-10-11-20-19-8-6-9-21(23(19)30-25(20)29-17)22-16-18(12-15-28-22)24-26(2,3)13-7-14-27(24,4)5;1-15-9-10-19-18-7-4-8-20(22(18)26-23(19)25-15)21-14-17(11-12-24-21)13-16-5-2-3-6-16;3*1-13-5-8-15(9-6-13)16-10-7-14(12-18-16)11-17(2,3)4;;;/h8-9,11-15,25H,16-17H2,1-7H3;6,8,10-12,15-16,24H,7,13-14H2,1-5H3;4,7,9-12,14,16H,2-3,5-6,13H2,1H3;3*5-8,10,12H,11H2,1-4H3;;;/q6*-1;;;/i25D;24D;13D2;3*1D3,11D2;;;. The van der Waals surface area contributed by atoms with E-state index in [1.54, 1.807) is 85.1 Å². The summed E-state index contributed by atoms with van der Waals surface area (Å²) in [4.78, 5) is 40.4. The minimum atomic E-state index is -2.14. The monoisotopic (exact) mass is 2480 g/mol. The zero-order chi connectivity index (χ0) is 118. The molecule has 3 aliphatic rings. The average molecular weight is 2480 g/mol. The van der Waals surface area contributed by atoms with Gasteiger partial charge in [0.25, 0.3) is 0 Å². The van der Waals surface area contributed by atoms with Crippen molar-refractivity contribution in [3.63, 3.8) is 0 Å². The summed E-state index contributed by atoms with van der Waals surface area (Å²) in [6.07, 6.45) is 13.5. The van der Waals surface area contributed by atoms with Crippen molar-refractivity contribution in [2.45, 2.75) is 268 Å². The molecule has 0 amide bonds. The van der Waals surface area contributed by atoms with Gasteiger partial charge in [0, 0.05) is 157 Å². The molecule has 759 valence electrons. The maximum Gasteiger partial charge on any atom is 0.216 e. The Balaban J connectivity index is 0.000000162. The molecule has 15 heteroatoms. The third kappa shape index (κ3) is 27.9. The zero-order valence-corrected chi connectivity index (χ0v) is 94.4. The molecular weight excluding hydrogens is 2310 g/mol. The number of nitrogens with zero attached hydrogens (tertiary/aromatic N) is 9. The molecule has 3 fully saturated rings. The van der Waals surface area contributed by atoms with Gasteiger partial charge in [-0.3, -0.25) is 0 Å². The second-order valence-electron chi connectivity index (χ2n) is 44.5. The molecule has 6 aromatic carbocycles. The van der Waals surface area contributed by atoms with Gasteiger partial charge >= 0.3 is 0 Å². The molecule has 12 heterocycles. The van der Waals surface area contributed by atoms with Crippen LogP contribution in [0.25, 0.3) is 134 Å². The third-order valence-electron chi connectivity index (χ3n) is 25.9. The van der Waals surface area contributed by atoms with Crippen molar-refractivity contribution in [2.75, 3.05) is 0 Å². The molecule has 18 aromatic rings. The van der Waals surface area contributed by atoms with E-state index >= 15 is 0 Å². The molecule has 12 aromatic heterocycles. The van der Waals surface area contributed by atoms with E-state index in [0.717, 1.165) is 158 Å². The molecule has 3 radical (unpaired) electrons. The van der Waals surface area contributed by atoms with Crippen LogP contribution in [0.2, 0.25) is 0 Å². The van der Waals surface area contributed by atoms with Gasteiger partial charge < -0.3 is 43.2 Å². The molecule has 145 heavy (non-hydrogen) atoms. The van der Waals surface area contributed by atoms with Crippen LogP contribution in [0.4, 0.5) is 0 Å². The summed E-state index contributed by atoms with van der Waals surface area (Å²) >= 11 is 0. The Bertz CT molecular complexity index is 8030. The number of hydrogen-bond acceptors (Lipinski definition) is 12. The first-order chi connectivity index (χ1) is 74.8.